The van der Waals surface area contributed by atoms with Gasteiger partial charge in [-0.05, 0) is 18.2 Å². The molecular formula is C11H13FN2O2. The van der Waals surface area contributed by atoms with Crippen molar-refractivity contribution in [3.8, 4) is 0 Å². The lowest BCUT2D eigenvalue weighted by Gasteiger charge is -2.18. The van der Waals surface area contributed by atoms with Gasteiger partial charge in [0.1, 0.15) is 5.82 Å². The molecule has 4 nitrogen and oxygen atoms in total. The van der Waals surface area contributed by atoms with Crippen LogP contribution in [0.1, 0.15) is 6.42 Å². The molecule has 1 saturated heterocycles. The largest absolute Gasteiger partial charge is 0.397 e. The summed E-state index contributed by atoms with van der Waals surface area (Å²) in [4.78, 5) is 13.1. The molecule has 3 N–H and O–H groups in total. The van der Waals surface area contributed by atoms with Gasteiger partial charge in [0, 0.05) is 25.5 Å². The molecule has 2 rings (SSSR count). The van der Waals surface area contributed by atoms with E-state index in [1.807, 2.05) is 0 Å². The highest BCUT2D eigenvalue weighted by Gasteiger charge is 2.31. The lowest BCUT2D eigenvalue weighted by Crippen LogP contribution is -2.26. The number of benzene rings is 1. The summed E-state index contributed by atoms with van der Waals surface area (Å²) in [5, 5.41) is 8.99. The molecule has 1 heterocycles. The fraction of sp³-hybridized carbons (Fsp3) is 0.364. The molecule has 0 spiro atoms. The van der Waals surface area contributed by atoms with E-state index in [0.717, 1.165) is 0 Å². The molecule has 86 valence electrons. The molecule has 0 bridgehead atoms. The lowest BCUT2D eigenvalue weighted by molar-refractivity contribution is -0.117. The van der Waals surface area contributed by atoms with Crippen molar-refractivity contribution in [3.63, 3.8) is 0 Å². The van der Waals surface area contributed by atoms with Crippen LogP contribution in [0.4, 0.5) is 15.8 Å². The fourth-order valence-electron chi connectivity index (χ4n) is 1.89. The molecule has 0 saturated carbocycles. The normalized spacial score (nSPS) is 20.5. The number of hydrogen-bond donors (Lipinski definition) is 2. The highest BCUT2D eigenvalue weighted by Crippen LogP contribution is 2.30. The molecule has 1 aromatic carbocycles. The first-order valence-corrected chi connectivity index (χ1v) is 5.08. The van der Waals surface area contributed by atoms with Crippen LogP contribution in [0.2, 0.25) is 0 Å². The van der Waals surface area contributed by atoms with Gasteiger partial charge in [-0.25, -0.2) is 4.39 Å². The monoisotopic (exact) mass is 224 g/mol. The Morgan fingerprint density at radius 3 is 2.94 bits per heavy atom. The van der Waals surface area contributed by atoms with Crippen molar-refractivity contribution in [3.05, 3.63) is 24.0 Å². The first-order chi connectivity index (χ1) is 7.61. The van der Waals surface area contributed by atoms with Crippen LogP contribution in [-0.4, -0.2) is 24.2 Å². The Morgan fingerprint density at radius 2 is 2.31 bits per heavy atom. The zero-order valence-electron chi connectivity index (χ0n) is 8.69. The quantitative estimate of drug-likeness (QED) is 0.728. The predicted molar refractivity (Wildman–Crippen MR) is 58.4 cm³/mol. The highest BCUT2D eigenvalue weighted by atomic mass is 19.1. The van der Waals surface area contributed by atoms with Crippen LogP contribution in [0.15, 0.2) is 18.2 Å². The maximum Gasteiger partial charge on any atom is 0.227 e. The summed E-state index contributed by atoms with van der Waals surface area (Å²) < 4.78 is 13.1. The van der Waals surface area contributed by atoms with E-state index in [-0.39, 0.29) is 24.9 Å². The third-order valence-electron chi connectivity index (χ3n) is 2.75. The number of carbonyl (C=O) groups is 1. The van der Waals surface area contributed by atoms with Gasteiger partial charge in [0.2, 0.25) is 5.91 Å². The van der Waals surface area contributed by atoms with Crippen LogP contribution in [-0.2, 0) is 4.79 Å². The minimum atomic E-state index is -0.426. The van der Waals surface area contributed by atoms with E-state index >= 15 is 0 Å². The van der Waals surface area contributed by atoms with E-state index < -0.39 is 5.82 Å². The Kier molecular flexibility index (Phi) is 2.78. The minimum absolute atomic E-state index is 0.0442. The molecule has 1 unspecified atom stereocenters. The van der Waals surface area contributed by atoms with Gasteiger partial charge in [-0.15, -0.1) is 0 Å². The topological polar surface area (TPSA) is 66.6 Å². The predicted octanol–water partition coefficient (Wildman–Crippen LogP) is 0.753. The molecule has 16 heavy (non-hydrogen) atoms. The average Bonchev–Trinajstić information content (AvgIpc) is 2.63. The molecule has 1 amide bonds. The number of aliphatic hydroxyl groups excluding tert-OH is 1. The van der Waals surface area contributed by atoms with Crippen LogP contribution in [0.3, 0.4) is 0 Å². The Labute approximate surface area is 92.5 Å². The zero-order chi connectivity index (χ0) is 11.7. The van der Waals surface area contributed by atoms with Gasteiger partial charge in [0.25, 0.3) is 0 Å². The summed E-state index contributed by atoms with van der Waals surface area (Å²) in [5.74, 6) is -0.643. The second-order valence-electron chi connectivity index (χ2n) is 3.96. The number of anilines is 2. The van der Waals surface area contributed by atoms with Crippen molar-refractivity contribution in [1.29, 1.82) is 0 Å². The molecule has 1 aliphatic heterocycles. The van der Waals surface area contributed by atoms with Gasteiger partial charge >= 0.3 is 0 Å². The van der Waals surface area contributed by atoms with Gasteiger partial charge < -0.3 is 15.7 Å². The van der Waals surface area contributed by atoms with Gasteiger partial charge in [-0.1, -0.05) is 0 Å². The van der Waals surface area contributed by atoms with E-state index in [1.54, 1.807) is 0 Å². The molecule has 0 aromatic heterocycles. The van der Waals surface area contributed by atoms with Gasteiger partial charge in [0.15, 0.2) is 0 Å². The maximum atomic E-state index is 13.1. The van der Waals surface area contributed by atoms with Crippen molar-refractivity contribution >= 4 is 17.3 Å². The van der Waals surface area contributed by atoms with Crippen molar-refractivity contribution in [2.45, 2.75) is 6.42 Å². The smallest absolute Gasteiger partial charge is 0.227 e. The molecule has 1 fully saturated rings. The Hall–Kier alpha value is -1.62. The molecule has 1 atom stereocenters. The summed E-state index contributed by atoms with van der Waals surface area (Å²) in [6.07, 6.45) is 0.284. The van der Waals surface area contributed by atoms with Crippen LogP contribution >= 0.6 is 0 Å². The van der Waals surface area contributed by atoms with Crippen LogP contribution in [0.5, 0.6) is 0 Å². The number of rotatable bonds is 2. The fourth-order valence-corrected chi connectivity index (χ4v) is 1.89. The standard InChI is InChI=1S/C11H13FN2O2/c12-8-1-2-9(13)10(4-8)14-5-7(6-15)3-11(14)16/h1-2,4,7,15H,3,5-6,13H2. The summed E-state index contributed by atoms with van der Waals surface area (Å²) >= 11 is 0. The van der Waals surface area contributed by atoms with Crippen molar-refractivity contribution in [1.82, 2.24) is 0 Å². The van der Waals surface area contributed by atoms with Crippen LogP contribution in [0.25, 0.3) is 0 Å². The molecule has 1 aliphatic rings. The summed E-state index contributed by atoms with van der Waals surface area (Å²) in [5.41, 5.74) is 6.45. The number of aliphatic hydroxyl groups is 1. The number of nitrogen functional groups attached to an aromatic ring is 1. The molecule has 1 aromatic rings. The Bertz CT molecular complexity index is 422. The third kappa shape index (κ3) is 1.86. The SMILES string of the molecule is Nc1ccc(F)cc1N1CC(CO)CC1=O. The average molecular weight is 224 g/mol. The van der Waals surface area contributed by atoms with Gasteiger partial charge in [-0.2, -0.15) is 0 Å². The highest BCUT2D eigenvalue weighted by molar-refractivity contribution is 5.98. The van der Waals surface area contributed by atoms with Crippen molar-refractivity contribution < 1.29 is 14.3 Å². The summed E-state index contributed by atoms with van der Waals surface area (Å²) in [6.45, 7) is 0.348. The second kappa shape index (κ2) is 4.09. The first kappa shape index (κ1) is 10.9. The Balaban J connectivity index is 2.30. The van der Waals surface area contributed by atoms with Crippen LogP contribution < -0.4 is 10.6 Å². The van der Waals surface area contributed by atoms with E-state index in [1.165, 1.54) is 23.1 Å². The molecule has 0 radical (unpaired) electrons. The van der Waals surface area contributed by atoms with E-state index in [4.69, 9.17) is 10.8 Å². The first-order valence-electron chi connectivity index (χ1n) is 5.08. The van der Waals surface area contributed by atoms with Crippen molar-refractivity contribution in [2.24, 2.45) is 5.92 Å². The second-order valence-corrected chi connectivity index (χ2v) is 3.96. The number of halogens is 1. The van der Waals surface area contributed by atoms with Gasteiger partial charge in [-0.3, -0.25) is 4.79 Å². The molecular weight excluding hydrogens is 211 g/mol. The number of carbonyl (C=O) groups excluding carboxylic acids is 1. The molecule has 0 aliphatic carbocycles. The van der Waals surface area contributed by atoms with E-state index in [2.05, 4.69) is 0 Å². The lowest BCUT2D eigenvalue weighted by atomic mass is 10.1. The Morgan fingerprint density at radius 1 is 1.56 bits per heavy atom. The van der Waals surface area contributed by atoms with Crippen molar-refractivity contribution in [2.75, 3.05) is 23.8 Å². The third-order valence-corrected chi connectivity index (χ3v) is 2.75. The summed E-state index contributed by atoms with van der Waals surface area (Å²) in [7, 11) is 0. The van der Waals surface area contributed by atoms with E-state index in [9.17, 15) is 9.18 Å². The van der Waals surface area contributed by atoms with E-state index in [0.29, 0.717) is 17.9 Å². The number of hydrogen-bond acceptors (Lipinski definition) is 3. The molecule has 5 heteroatoms. The minimum Gasteiger partial charge on any atom is -0.397 e. The zero-order valence-corrected chi connectivity index (χ0v) is 8.69. The summed E-state index contributed by atoms with van der Waals surface area (Å²) in [6, 6.07) is 3.93. The maximum absolute atomic E-state index is 13.1. The number of amides is 1. The number of nitrogens with zero attached hydrogens (tertiary/aromatic N) is 1. The van der Waals surface area contributed by atoms with Crippen LogP contribution in [0, 0.1) is 11.7 Å². The van der Waals surface area contributed by atoms with Gasteiger partial charge in [0.05, 0.1) is 11.4 Å². The number of nitrogens with two attached hydrogens (primary N) is 1.